The van der Waals surface area contributed by atoms with Crippen molar-refractivity contribution in [2.45, 2.75) is 0 Å². The van der Waals surface area contributed by atoms with Crippen LogP contribution in [0.4, 0.5) is 17.1 Å². The van der Waals surface area contributed by atoms with Gasteiger partial charge in [0.1, 0.15) is 11.0 Å². The number of benzene rings is 4. The molecule has 4 heteroatoms. The van der Waals surface area contributed by atoms with Gasteiger partial charge in [0.25, 0.3) is 0 Å². The van der Waals surface area contributed by atoms with E-state index in [4.69, 9.17) is 4.98 Å². The zero-order valence-corrected chi connectivity index (χ0v) is 16.1. The molecule has 5 aromatic rings. The number of hydrogen-bond donors (Lipinski definition) is 2. The van der Waals surface area contributed by atoms with Crippen molar-refractivity contribution in [3.05, 3.63) is 97.1 Å². The minimum absolute atomic E-state index is 0.956. The molecule has 0 aliphatic carbocycles. The van der Waals surface area contributed by atoms with Crippen molar-refractivity contribution in [1.82, 2.24) is 4.98 Å². The number of rotatable bonds is 4. The molecule has 0 fully saturated rings. The number of hydrogen-bond acceptors (Lipinski definition) is 3. The molecule has 0 saturated heterocycles. The molecule has 140 valence electrons. The second-order valence-corrected chi connectivity index (χ2v) is 6.93. The van der Waals surface area contributed by atoms with Crippen molar-refractivity contribution in [3.63, 3.8) is 0 Å². The SMILES string of the molecule is CNc1ccc2nc3ccc(Nc4ccccc4)cc3[n+](-c3ccccc3)c2c1. The Hall–Kier alpha value is -3.92. The topological polar surface area (TPSA) is 40.8 Å². The first-order valence-corrected chi connectivity index (χ1v) is 9.67. The van der Waals surface area contributed by atoms with Crippen LogP contribution in [0.15, 0.2) is 97.1 Å². The highest BCUT2D eigenvalue weighted by Crippen LogP contribution is 2.24. The Morgan fingerprint density at radius 2 is 1.21 bits per heavy atom. The molecular weight excluding hydrogens is 356 g/mol. The van der Waals surface area contributed by atoms with Crippen LogP contribution in [0.3, 0.4) is 0 Å². The summed E-state index contributed by atoms with van der Waals surface area (Å²) in [5.41, 5.74) is 8.28. The third kappa shape index (κ3) is 3.25. The van der Waals surface area contributed by atoms with E-state index in [1.54, 1.807) is 0 Å². The summed E-state index contributed by atoms with van der Waals surface area (Å²) >= 11 is 0. The number of fused-ring (bicyclic) bond motifs is 2. The molecule has 0 radical (unpaired) electrons. The molecule has 1 heterocycles. The minimum atomic E-state index is 0.956. The van der Waals surface area contributed by atoms with Gasteiger partial charge in [0.15, 0.2) is 0 Å². The smallest absolute Gasteiger partial charge is 0.239 e. The molecule has 0 atom stereocenters. The summed E-state index contributed by atoms with van der Waals surface area (Å²) in [4.78, 5) is 4.91. The molecule has 0 spiro atoms. The van der Waals surface area contributed by atoms with E-state index in [0.29, 0.717) is 0 Å². The van der Waals surface area contributed by atoms with E-state index in [1.807, 2.05) is 31.3 Å². The molecular formula is C25H21N4+. The molecule has 0 aliphatic rings. The van der Waals surface area contributed by atoms with E-state index >= 15 is 0 Å². The van der Waals surface area contributed by atoms with Crippen molar-refractivity contribution in [2.24, 2.45) is 0 Å². The summed E-state index contributed by atoms with van der Waals surface area (Å²) in [7, 11) is 1.93. The van der Waals surface area contributed by atoms with E-state index in [9.17, 15) is 0 Å². The van der Waals surface area contributed by atoms with E-state index in [0.717, 1.165) is 44.8 Å². The highest BCUT2D eigenvalue weighted by atomic mass is 15.0. The Bertz CT molecular complexity index is 1300. The molecule has 1 aromatic heterocycles. The lowest BCUT2D eigenvalue weighted by Gasteiger charge is -2.09. The summed E-state index contributed by atoms with van der Waals surface area (Å²) in [5, 5.41) is 6.73. The van der Waals surface area contributed by atoms with Crippen LogP contribution in [0, 0.1) is 0 Å². The first kappa shape index (κ1) is 17.2. The van der Waals surface area contributed by atoms with Gasteiger partial charge in [-0.3, -0.25) is 0 Å². The molecule has 0 saturated carbocycles. The van der Waals surface area contributed by atoms with Gasteiger partial charge in [-0.25, -0.2) is 4.98 Å². The van der Waals surface area contributed by atoms with E-state index < -0.39 is 0 Å². The summed E-state index contributed by atoms with van der Waals surface area (Å²) < 4.78 is 2.27. The van der Waals surface area contributed by atoms with Crippen LogP contribution in [-0.2, 0) is 0 Å². The first-order chi connectivity index (χ1) is 14.3. The van der Waals surface area contributed by atoms with Crippen molar-refractivity contribution >= 4 is 39.1 Å². The Balaban J connectivity index is 1.78. The Morgan fingerprint density at radius 1 is 0.621 bits per heavy atom. The Morgan fingerprint density at radius 3 is 1.86 bits per heavy atom. The molecule has 0 unspecified atom stereocenters. The van der Waals surface area contributed by atoms with Crippen LogP contribution < -0.4 is 15.2 Å². The number of nitrogens with zero attached hydrogens (tertiary/aromatic N) is 2. The molecule has 2 N–H and O–H groups in total. The third-order valence-electron chi connectivity index (χ3n) is 5.04. The normalized spacial score (nSPS) is 10.9. The quantitative estimate of drug-likeness (QED) is 0.323. The number of para-hydroxylation sites is 2. The van der Waals surface area contributed by atoms with Crippen LogP contribution in [0.2, 0.25) is 0 Å². The highest BCUT2D eigenvalue weighted by Gasteiger charge is 2.20. The van der Waals surface area contributed by atoms with Crippen LogP contribution >= 0.6 is 0 Å². The van der Waals surface area contributed by atoms with Crippen molar-refractivity contribution in [1.29, 1.82) is 0 Å². The summed E-state index contributed by atoms with van der Waals surface area (Å²) in [6, 6.07) is 33.2. The van der Waals surface area contributed by atoms with Crippen LogP contribution in [-0.4, -0.2) is 12.0 Å². The van der Waals surface area contributed by atoms with Gasteiger partial charge in [0.05, 0.1) is 0 Å². The highest BCUT2D eigenvalue weighted by molar-refractivity contribution is 5.86. The van der Waals surface area contributed by atoms with Gasteiger partial charge in [-0.2, -0.15) is 0 Å². The lowest BCUT2D eigenvalue weighted by atomic mass is 10.2. The van der Waals surface area contributed by atoms with E-state index in [-0.39, 0.29) is 0 Å². The second-order valence-electron chi connectivity index (χ2n) is 6.93. The summed E-state index contributed by atoms with van der Waals surface area (Å²) in [6.07, 6.45) is 0. The Kier molecular flexibility index (Phi) is 4.30. The van der Waals surface area contributed by atoms with Gasteiger partial charge in [-0.05, 0) is 36.4 Å². The van der Waals surface area contributed by atoms with Crippen LogP contribution in [0.5, 0.6) is 0 Å². The fourth-order valence-corrected chi connectivity index (χ4v) is 3.63. The average Bonchev–Trinajstić information content (AvgIpc) is 2.78. The molecule has 4 nitrogen and oxygen atoms in total. The molecule has 4 aromatic carbocycles. The fourth-order valence-electron chi connectivity index (χ4n) is 3.63. The third-order valence-corrected chi connectivity index (χ3v) is 5.04. The average molecular weight is 377 g/mol. The predicted octanol–water partition coefficient (Wildman–Crippen LogP) is 5.45. The fraction of sp³-hybridized carbons (Fsp3) is 0.0400. The standard InChI is InChI=1S/C25H20N4/c1-26-19-12-14-22-24(16-19)29(21-10-6-3-7-11-21)25-17-20(13-15-23(25)28-22)27-18-8-4-2-5-9-18/h2-17H,1H3,(H,26,27)/p+1. The molecule has 0 bridgehead atoms. The lowest BCUT2D eigenvalue weighted by Crippen LogP contribution is -2.33. The van der Waals surface area contributed by atoms with Gasteiger partial charge in [-0.1, -0.05) is 36.4 Å². The maximum absolute atomic E-state index is 4.91. The molecule has 5 rings (SSSR count). The second kappa shape index (κ2) is 7.24. The monoisotopic (exact) mass is 377 g/mol. The summed E-state index contributed by atoms with van der Waals surface area (Å²) in [5.74, 6) is 0. The zero-order chi connectivity index (χ0) is 19.6. The van der Waals surface area contributed by atoms with Crippen LogP contribution in [0.1, 0.15) is 0 Å². The molecule has 0 aliphatic heterocycles. The first-order valence-electron chi connectivity index (χ1n) is 9.67. The number of nitrogens with one attached hydrogen (secondary N) is 2. The Labute approximate surface area is 169 Å². The number of anilines is 3. The van der Waals surface area contributed by atoms with Gasteiger partial charge in [0, 0.05) is 48.4 Å². The number of aromatic nitrogens is 2. The molecule has 29 heavy (non-hydrogen) atoms. The van der Waals surface area contributed by atoms with E-state index in [2.05, 4.69) is 88.0 Å². The van der Waals surface area contributed by atoms with Gasteiger partial charge in [0.2, 0.25) is 16.7 Å². The maximum atomic E-state index is 4.91. The van der Waals surface area contributed by atoms with Gasteiger partial charge < -0.3 is 10.6 Å². The van der Waals surface area contributed by atoms with Crippen molar-refractivity contribution in [2.75, 3.05) is 17.7 Å². The maximum Gasteiger partial charge on any atom is 0.239 e. The molecule has 0 amide bonds. The largest absolute Gasteiger partial charge is 0.388 e. The van der Waals surface area contributed by atoms with Crippen LogP contribution in [0.25, 0.3) is 27.8 Å². The lowest BCUT2D eigenvalue weighted by molar-refractivity contribution is -0.538. The predicted molar refractivity (Wildman–Crippen MR) is 120 cm³/mol. The van der Waals surface area contributed by atoms with Crippen molar-refractivity contribution < 1.29 is 4.57 Å². The minimum Gasteiger partial charge on any atom is -0.388 e. The van der Waals surface area contributed by atoms with Gasteiger partial charge in [-0.15, -0.1) is 4.57 Å². The van der Waals surface area contributed by atoms with Crippen molar-refractivity contribution in [3.8, 4) is 5.69 Å². The van der Waals surface area contributed by atoms with Gasteiger partial charge >= 0.3 is 0 Å². The van der Waals surface area contributed by atoms with E-state index in [1.165, 1.54) is 0 Å². The zero-order valence-electron chi connectivity index (χ0n) is 16.1. The summed E-state index contributed by atoms with van der Waals surface area (Å²) in [6.45, 7) is 0.